The Labute approximate surface area is 101 Å². The molecule has 94 valence electrons. The van der Waals surface area contributed by atoms with Crippen LogP contribution in [0.2, 0.25) is 0 Å². The Kier molecular flexibility index (Phi) is 2.05. The molecule has 0 aromatic rings. The SMILES string of the molecule is CC1(C)C2C(=O)N(CC3(CCO)CC3)C(=O)C21. The van der Waals surface area contributed by atoms with E-state index < -0.39 is 0 Å². The molecular weight excluding hydrogens is 218 g/mol. The van der Waals surface area contributed by atoms with Gasteiger partial charge in [0.25, 0.3) is 0 Å². The van der Waals surface area contributed by atoms with Crippen molar-refractivity contribution in [2.24, 2.45) is 22.7 Å². The number of fused-ring (bicyclic) bond motifs is 1. The van der Waals surface area contributed by atoms with Crippen molar-refractivity contribution in [1.82, 2.24) is 4.90 Å². The summed E-state index contributed by atoms with van der Waals surface area (Å²) in [4.78, 5) is 25.7. The van der Waals surface area contributed by atoms with E-state index in [1.807, 2.05) is 13.8 Å². The zero-order valence-corrected chi connectivity index (χ0v) is 10.4. The Bertz CT molecular complexity index is 373. The van der Waals surface area contributed by atoms with Crippen LogP contribution < -0.4 is 0 Å². The lowest BCUT2D eigenvalue weighted by atomic mass is 10.0. The maximum atomic E-state index is 12.1. The van der Waals surface area contributed by atoms with Crippen molar-refractivity contribution in [2.75, 3.05) is 13.2 Å². The molecule has 0 aromatic carbocycles. The van der Waals surface area contributed by atoms with Crippen molar-refractivity contribution in [2.45, 2.75) is 33.1 Å². The lowest BCUT2D eigenvalue weighted by molar-refractivity contribution is -0.144. The Morgan fingerprint density at radius 3 is 2.18 bits per heavy atom. The van der Waals surface area contributed by atoms with Crippen molar-refractivity contribution >= 4 is 11.8 Å². The highest BCUT2D eigenvalue weighted by Crippen LogP contribution is 2.64. The van der Waals surface area contributed by atoms with Crippen molar-refractivity contribution in [3.8, 4) is 0 Å². The third-order valence-corrected chi connectivity index (χ3v) is 4.98. The van der Waals surface area contributed by atoms with Crippen molar-refractivity contribution in [3.63, 3.8) is 0 Å². The van der Waals surface area contributed by atoms with Gasteiger partial charge in [-0.2, -0.15) is 0 Å². The molecule has 0 bridgehead atoms. The summed E-state index contributed by atoms with van der Waals surface area (Å²) in [7, 11) is 0. The predicted octanol–water partition coefficient (Wildman–Crippen LogP) is 0.790. The number of piperidine rings is 1. The van der Waals surface area contributed by atoms with Gasteiger partial charge in [0.2, 0.25) is 11.8 Å². The molecule has 1 N–H and O–H groups in total. The van der Waals surface area contributed by atoms with Gasteiger partial charge in [0.1, 0.15) is 0 Å². The maximum Gasteiger partial charge on any atom is 0.233 e. The number of aliphatic hydroxyl groups is 1. The number of hydrogen-bond acceptors (Lipinski definition) is 3. The average molecular weight is 237 g/mol. The van der Waals surface area contributed by atoms with Crippen LogP contribution >= 0.6 is 0 Å². The molecule has 17 heavy (non-hydrogen) atoms. The molecule has 3 rings (SSSR count). The van der Waals surface area contributed by atoms with Gasteiger partial charge >= 0.3 is 0 Å². The molecule has 2 unspecified atom stereocenters. The number of carbonyl (C=O) groups is 2. The van der Waals surface area contributed by atoms with Crippen molar-refractivity contribution < 1.29 is 14.7 Å². The fourth-order valence-electron chi connectivity index (χ4n) is 3.40. The van der Waals surface area contributed by atoms with Crippen LogP contribution in [0.1, 0.15) is 33.1 Å². The van der Waals surface area contributed by atoms with E-state index in [0.717, 1.165) is 12.8 Å². The Hall–Kier alpha value is -0.900. The van der Waals surface area contributed by atoms with E-state index in [9.17, 15) is 9.59 Å². The third kappa shape index (κ3) is 1.39. The number of likely N-dealkylation sites (tertiary alicyclic amines) is 1. The molecule has 4 nitrogen and oxygen atoms in total. The van der Waals surface area contributed by atoms with Crippen LogP contribution in [0, 0.1) is 22.7 Å². The number of amides is 2. The molecule has 2 amide bonds. The normalized spacial score (nSPS) is 36.1. The number of aliphatic hydroxyl groups excluding tert-OH is 1. The summed E-state index contributed by atoms with van der Waals surface area (Å²) in [6.07, 6.45) is 2.77. The predicted molar refractivity (Wildman–Crippen MR) is 60.9 cm³/mol. The molecule has 4 heteroatoms. The number of rotatable bonds is 4. The van der Waals surface area contributed by atoms with Crippen LogP contribution in [0.4, 0.5) is 0 Å². The molecular formula is C13H19NO3. The minimum atomic E-state index is -0.113. The lowest BCUT2D eigenvalue weighted by Gasteiger charge is -2.25. The molecule has 3 aliphatic rings. The van der Waals surface area contributed by atoms with E-state index in [-0.39, 0.29) is 41.1 Å². The van der Waals surface area contributed by atoms with Gasteiger partial charge in [-0.05, 0) is 30.1 Å². The summed E-state index contributed by atoms with van der Waals surface area (Å²) in [5.74, 6) is -0.0942. The molecule has 1 saturated heterocycles. The van der Waals surface area contributed by atoms with Crippen LogP contribution in [0.5, 0.6) is 0 Å². The summed E-state index contributed by atoms with van der Waals surface area (Å²) in [6.45, 7) is 4.68. The van der Waals surface area contributed by atoms with Gasteiger partial charge in [-0.1, -0.05) is 13.8 Å². The quantitative estimate of drug-likeness (QED) is 0.735. The van der Waals surface area contributed by atoms with Crippen LogP contribution in [-0.4, -0.2) is 35.0 Å². The standard InChI is InChI=1S/C13H19NO3/c1-12(2)8-9(12)11(17)14(10(8)16)7-13(3-4-13)5-6-15/h8-9,15H,3-7H2,1-2H3. The molecule has 0 aromatic heterocycles. The van der Waals surface area contributed by atoms with E-state index in [4.69, 9.17) is 5.11 Å². The van der Waals surface area contributed by atoms with E-state index >= 15 is 0 Å². The second kappa shape index (κ2) is 3.10. The summed E-state index contributed by atoms with van der Waals surface area (Å²) in [5, 5.41) is 9.00. The molecule has 0 radical (unpaired) electrons. The van der Waals surface area contributed by atoms with Crippen LogP contribution in [0.15, 0.2) is 0 Å². The monoisotopic (exact) mass is 237 g/mol. The average Bonchev–Trinajstić information content (AvgIpc) is 3.08. The largest absolute Gasteiger partial charge is 0.396 e. The first-order chi connectivity index (χ1) is 7.93. The van der Waals surface area contributed by atoms with Gasteiger partial charge in [0.05, 0.1) is 11.8 Å². The van der Waals surface area contributed by atoms with Gasteiger partial charge in [0, 0.05) is 13.2 Å². The summed E-state index contributed by atoms with van der Waals surface area (Å²) in [6, 6.07) is 0. The number of hydrogen-bond donors (Lipinski definition) is 1. The van der Waals surface area contributed by atoms with Crippen LogP contribution in [0.25, 0.3) is 0 Å². The first-order valence-electron chi connectivity index (χ1n) is 6.39. The van der Waals surface area contributed by atoms with Crippen molar-refractivity contribution in [1.29, 1.82) is 0 Å². The summed E-state index contributed by atoms with van der Waals surface area (Å²) < 4.78 is 0. The molecule has 3 fully saturated rings. The maximum absolute atomic E-state index is 12.1. The van der Waals surface area contributed by atoms with E-state index in [0.29, 0.717) is 13.0 Å². The van der Waals surface area contributed by atoms with Crippen LogP contribution in [-0.2, 0) is 9.59 Å². The highest BCUT2D eigenvalue weighted by Gasteiger charge is 2.72. The van der Waals surface area contributed by atoms with Gasteiger partial charge in [-0.15, -0.1) is 0 Å². The first kappa shape index (κ1) is 11.2. The number of nitrogens with zero attached hydrogens (tertiary/aromatic N) is 1. The highest BCUT2D eigenvalue weighted by molar-refractivity contribution is 6.10. The fraction of sp³-hybridized carbons (Fsp3) is 0.846. The topological polar surface area (TPSA) is 57.6 Å². The minimum absolute atomic E-state index is 0.0224. The van der Waals surface area contributed by atoms with E-state index in [2.05, 4.69) is 0 Å². The van der Waals surface area contributed by atoms with Gasteiger partial charge in [-0.3, -0.25) is 14.5 Å². The zero-order valence-electron chi connectivity index (χ0n) is 10.4. The molecule has 2 aliphatic carbocycles. The fourth-order valence-corrected chi connectivity index (χ4v) is 3.40. The number of imide groups is 1. The second-order valence-corrected chi connectivity index (χ2v) is 6.51. The number of carbonyl (C=O) groups excluding carboxylic acids is 2. The Morgan fingerprint density at radius 1 is 1.24 bits per heavy atom. The van der Waals surface area contributed by atoms with Crippen molar-refractivity contribution in [3.05, 3.63) is 0 Å². The minimum Gasteiger partial charge on any atom is -0.396 e. The lowest BCUT2D eigenvalue weighted by Crippen LogP contribution is -2.40. The van der Waals surface area contributed by atoms with Crippen LogP contribution in [0.3, 0.4) is 0 Å². The van der Waals surface area contributed by atoms with E-state index in [1.165, 1.54) is 4.90 Å². The third-order valence-electron chi connectivity index (χ3n) is 4.98. The highest BCUT2D eigenvalue weighted by atomic mass is 16.3. The van der Waals surface area contributed by atoms with E-state index in [1.54, 1.807) is 0 Å². The van der Waals surface area contributed by atoms with Gasteiger partial charge in [-0.25, -0.2) is 0 Å². The molecule has 2 atom stereocenters. The smallest absolute Gasteiger partial charge is 0.233 e. The summed E-state index contributed by atoms with van der Waals surface area (Å²) >= 11 is 0. The summed E-state index contributed by atoms with van der Waals surface area (Å²) in [5.41, 5.74) is -0.0701. The first-order valence-corrected chi connectivity index (χ1v) is 6.39. The molecule has 0 spiro atoms. The molecule has 2 saturated carbocycles. The Morgan fingerprint density at radius 2 is 1.76 bits per heavy atom. The second-order valence-electron chi connectivity index (χ2n) is 6.51. The zero-order chi connectivity index (χ0) is 12.4. The Balaban J connectivity index is 1.71. The van der Waals surface area contributed by atoms with Gasteiger partial charge < -0.3 is 5.11 Å². The molecule has 1 aliphatic heterocycles. The van der Waals surface area contributed by atoms with Gasteiger partial charge in [0.15, 0.2) is 0 Å². The molecule has 1 heterocycles.